The summed E-state index contributed by atoms with van der Waals surface area (Å²) in [6.45, 7) is 6.34. The van der Waals surface area contributed by atoms with E-state index in [1.54, 1.807) is 13.2 Å². The Hall–Kier alpha value is -3.61. The SMILES string of the molecule is COc1ccc(C(NC(C)c2ccc(C)c(C)c2)c2cccc(Nc3c(O)c(=O)c3=O)c2)cc1.Cl. The number of halogens is 1. The fourth-order valence-electron chi connectivity index (χ4n) is 4.00. The second-order valence-electron chi connectivity index (χ2n) is 8.57. The molecule has 0 aliphatic carbocycles. The van der Waals surface area contributed by atoms with E-state index >= 15 is 0 Å². The number of ether oxygens (including phenoxy) is 1. The monoisotopic (exact) mass is 492 g/mol. The molecular weight excluding hydrogens is 464 g/mol. The van der Waals surface area contributed by atoms with E-state index in [4.69, 9.17) is 4.74 Å². The summed E-state index contributed by atoms with van der Waals surface area (Å²) in [5.41, 5.74) is 4.65. The van der Waals surface area contributed by atoms with Crippen molar-refractivity contribution in [1.29, 1.82) is 0 Å². The van der Waals surface area contributed by atoms with Gasteiger partial charge in [0.2, 0.25) is 0 Å². The van der Waals surface area contributed by atoms with Gasteiger partial charge in [-0.25, -0.2) is 0 Å². The molecule has 3 N–H and O–H groups in total. The van der Waals surface area contributed by atoms with Gasteiger partial charge in [-0.1, -0.05) is 42.5 Å². The molecule has 0 saturated heterocycles. The first-order valence-corrected chi connectivity index (χ1v) is 11.1. The van der Waals surface area contributed by atoms with Crippen molar-refractivity contribution in [2.45, 2.75) is 32.9 Å². The number of hydrogen-bond donors (Lipinski definition) is 3. The van der Waals surface area contributed by atoms with Gasteiger partial charge in [0.05, 0.1) is 13.2 Å². The molecule has 6 nitrogen and oxygen atoms in total. The van der Waals surface area contributed by atoms with Crippen LogP contribution in [0, 0.1) is 13.8 Å². The minimum atomic E-state index is -0.862. The Kier molecular flexibility index (Phi) is 7.99. The third-order valence-electron chi connectivity index (χ3n) is 6.27. The van der Waals surface area contributed by atoms with Gasteiger partial charge in [-0.15, -0.1) is 12.4 Å². The zero-order valence-corrected chi connectivity index (χ0v) is 20.9. The Balaban J connectivity index is 0.00000342. The molecule has 0 aromatic heterocycles. The molecular formula is C28H29ClN2O4. The lowest BCUT2D eigenvalue weighted by molar-refractivity contribution is 0.414. The summed E-state index contributed by atoms with van der Waals surface area (Å²) in [5, 5.41) is 16.3. The summed E-state index contributed by atoms with van der Waals surface area (Å²) in [4.78, 5) is 23.1. The lowest BCUT2D eigenvalue weighted by Crippen LogP contribution is -2.32. The van der Waals surface area contributed by atoms with E-state index in [0.29, 0.717) is 5.69 Å². The van der Waals surface area contributed by atoms with E-state index in [0.717, 1.165) is 16.9 Å². The number of hydrogen-bond acceptors (Lipinski definition) is 6. The molecule has 2 atom stereocenters. The highest BCUT2D eigenvalue weighted by atomic mass is 35.5. The molecule has 182 valence electrons. The lowest BCUT2D eigenvalue weighted by atomic mass is 9.95. The molecule has 4 rings (SSSR count). The number of methoxy groups -OCH3 is 1. The molecule has 0 spiro atoms. The van der Waals surface area contributed by atoms with E-state index in [9.17, 15) is 14.7 Å². The van der Waals surface area contributed by atoms with Crippen LogP contribution in [-0.4, -0.2) is 12.2 Å². The Labute approximate surface area is 210 Å². The molecule has 35 heavy (non-hydrogen) atoms. The van der Waals surface area contributed by atoms with Crippen LogP contribution in [0.2, 0.25) is 0 Å². The molecule has 0 amide bonds. The van der Waals surface area contributed by atoms with Crippen LogP contribution in [0.5, 0.6) is 11.5 Å². The quantitative estimate of drug-likeness (QED) is 0.292. The van der Waals surface area contributed by atoms with Crippen molar-refractivity contribution in [3.05, 3.63) is 115 Å². The van der Waals surface area contributed by atoms with Crippen LogP contribution in [-0.2, 0) is 0 Å². The number of benzene rings is 3. The first-order chi connectivity index (χ1) is 16.3. The number of rotatable bonds is 8. The van der Waals surface area contributed by atoms with E-state index in [1.165, 1.54) is 16.7 Å². The topological polar surface area (TPSA) is 87.7 Å². The second-order valence-corrected chi connectivity index (χ2v) is 8.57. The Morgan fingerprint density at radius 3 is 2.14 bits per heavy atom. The summed E-state index contributed by atoms with van der Waals surface area (Å²) in [7, 11) is 1.64. The molecule has 0 fully saturated rings. The van der Waals surface area contributed by atoms with Gasteiger partial charge >= 0.3 is 0 Å². The molecule has 0 aliphatic heterocycles. The summed E-state index contributed by atoms with van der Waals surface area (Å²) in [6.07, 6.45) is 0. The van der Waals surface area contributed by atoms with Crippen LogP contribution in [0.25, 0.3) is 0 Å². The third-order valence-corrected chi connectivity index (χ3v) is 6.27. The van der Waals surface area contributed by atoms with Crippen LogP contribution in [0.4, 0.5) is 11.4 Å². The molecule has 4 aromatic carbocycles. The van der Waals surface area contributed by atoms with Crippen LogP contribution < -0.4 is 26.2 Å². The van der Waals surface area contributed by atoms with Crippen LogP contribution in [0.15, 0.2) is 76.3 Å². The molecule has 4 aromatic rings. The Morgan fingerprint density at radius 1 is 0.829 bits per heavy atom. The van der Waals surface area contributed by atoms with Gasteiger partial charge in [0, 0.05) is 11.7 Å². The van der Waals surface area contributed by atoms with Gasteiger partial charge in [0.25, 0.3) is 10.9 Å². The van der Waals surface area contributed by atoms with Crippen molar-refractivity contribution < 1.29 is 9.84 Å². The molecule has 0 radical (unpaired) electrons. The maximum absolute atomic E-state index is 11.8. The van der Waals surface area contributed by atoms with Crippen molar-refractivity contribution in [2.24, 2.45) is 0 Å². The normalized spacial score (nSPS) is 12.6. The van der Waals surface area contributed by atoms with E-state index in [2.05, 4.69) is 49.6 Å². The summed E-state index contributed by atoms with van der Waals surface area (Å²) >= 11 is 0. The standard InChI is InChI=1S/C28H28N2O4.ClH/c1-16-8-9-20(14-17(16)2)18(3)29-24(19-10-12-23(34-4)13-11-19)21-6-5-7-22(15-21)30-25-26(31)28(33)27(25)32;/h5-15,18,24,29-31H,1-4H3;1H. The zero-order chi connectivity index (χ0) is 24.4. The predicted octanol–water partition coefficient (Wildman–Crippen LogP) is 5.22. The number of aromatic hydroxyl groups is 1. The Morgan fingerprint density at radius 2 is 1.51 bits per heavy atom. The summed E-state index contributed by atoms with van der Waals surface area (Å²) in [6, 6.07) is 21.8. The highest BCUT2D eigenvalue weighted by Crippen LogP contribution is 2.30. The number of anilines is 2. The van der Waals surface area contributed by atoms with E-state index < -0.39 is 16.6 Å². The van der Waals surface area contributed by atoms with Gasteiger partial charge in [-0.2, -0.15) is 0 Å². The van der Waals surface area contributed by atoms with Gasteiger partial charge < -0.3 is 15.2 Å². The maximum atomic E-state index is 11.8. The summed E-state index contributed by atoms with van der Waals surface area (Å²) < 4.78 is 5.32. The molecule has 0 saturated carbocycles. The van der Waals surface area contributed by atoms with Gasteiger partial charge in [0.1, 0.15) is 11.4 Å². The molecule has 0 aliphatic rings. The first kappa shape index (κ1) is 26.0. The predicted molar refractivity (Wildman–Crippen MR) is 142 cm³/mol. The molecule has 0 bridgehead atoms. The zero-order valence-electron chi connectivity index (χ0n) is 20.1. The third kappa shape index (κ3) is 5.39. The van der Waals surface area contributed by atoms with Crippen molar-refractivity contribution in [3.8, 4) is 11.5 Å². The summed E-state index contributed by atoms with van der Waals surface area (Å²) in [5.74, 6) is 0.249. The van der Waals surface area contributed by atoms with Gasteiger partial charge in [-0.05, 0) is 72.9 Å². The van der Waals surface area contributed by atoms with Crippen molar-refractivity contribution in [2.75, 3.05) is 12.4 Å². The van der Waals surface area contributed by atoms with Crippen molar-refractivity contribution >= 4 is 23.8 Å². The highest BCUT2D eigenvalue weighted by molar-refractivity contribution is 5.85. The number of aryl methyl sites for hydroxylation is 2. The largest absolute Gasteiger partial charge is 0.502 e. The van der Waals surface area contributed by atoms with Crippen molar-refractivity contribution in [1.82, 2.24) is 5.32 Å². The maximum Gasteiger partial charge on any atom is 0.271 e. The molecule has 0 heterocycles. The average molecular weight is 493 g/mol. The van der Waals surface area contributed by atoms with E-state index in [1.807, 2.05) is 42.5 Å². The van der Waals surface area contributed by atoms with Crippen LogP contribution in [0.1, 0.15) is 46.8 Å². The smallest absolute Gasteiger partial charge is 0.271 e. The first-order valence-electron chi connectivity index (χ1n) is 11.1. The number of nitrogens with one attached hydrogen (secondary N) is 2. The van der Waals surface area contributed by atoms with Crippen LogP contribution in [0.3, 0.4) is 0 Å². The highest BCUT2D eigenvalue weighted by Gasteiger charge is 2.22. The Bertz CT molecular complexity index is 1390. The van der Waals surface area contributed by atoms with Crippen molar-refractivity contribution in [3.63, 3.8) is 0 Å². The minimum Gasteiger partial charge on any atom is -0.502 e. The fourth-order valence-corrected chi connectivity index (χ4v) is 4.00. The molecule has 2 unspecified atom stereocenters. The average Bonchev–Trinajstić information content (AvgIpc) is 2.87. The van der Waals surface area contributed by atoms with E-state index in [-0.39, 0.29) is 30.2 Å². The van der Waals surface area contributed by atoms with Gasteiger partial charge in [0.15, 0.2) is 5.75 Å². The molecule has 7 heteroatoms. The fraction of sp³-hybridized carbons (Fsp3) is 0.214. The van der Waals surface area contributed by atoms with Gasteiger partial charge in [-0.3, -0.25) is 14.9 Å². The lowest BCUT2D eigenvalue weighted by Gasteiger charge is -2.26. The minimum absolute atomic E-state index is 0. The van der Waals surface area contributed by atoms with Crippen LogP contribution >= 0.6 is 12.4 Å². The second kappa shape index (κ2) is 10.8.